The van der Waals surface area contributed by atoms with Gasteiger partial charge in [0, 0.05) is 11.1 Å². The Morgan fingerprint density at radius 2 is 2.22 bits per heavy atom. The second-order valence-corrected chi connectivity index (χ2v) is 6.70. The number of aromatic nitrogens is 1. The molecule has 2 aromatic rings. The van der Waals surface area contributed by atoms with Crippen LogP contribution < -0.4 is 5.32 Å². The second-order valence-electron chi connectivity index (χ2n) is 3.39. The van der Waals surface area contributed by atoms with E-state index < -0.39 is 0 Å². The molecule has 0 radical (unpaired) electrons. The molecule has 0 aromatic carbocycles. The van der Waals surface area contributed by atoms with Gasteiger partial charge in [-0.2, -0.15) is 0 Å². The first-order valence-electron chi connectivity index (χ1n) is 4.89. The van der Waals surface area contributed by atoms with Gasteiger partial charge < -0.3 is 5.32 Å². The molecule has 0 atom stereocenters. The molecule has 0 unspecified atom stereocenters. The highest BCUT2D eigenvalue weighted by atomic mass is 79.9. The zero-order chi connectivity index (χ0) is 13.1. The van der Waals surface area contributed by atoms with Crippen LogP contribution in [0.5, 0.6) is 0 Å². The minimum absolute atomic E-state index is 0.190. The zero-order valence-corrected chi connectivity index (χ0v) is 12.8. The molecule has 3 nitrogen and oxygen atoms in total. The van der Waals surface area contributed by atoms with Crippen molar-refractivity contribution in [2.75, 3.05) is 0 Å². The van der Waals surface area contributed by atoms with Crippen LogP contribution in [0.15, 0.2) is 28.2 Å². The summed E-state index contributed by atoms with van der Waals surface area (Å²) in [5, 5.41) is 3.24. The van der Waals surface area contributed by atoms with Crippen LogP contribution in [0.1, 0.15) is 15.2 Å². The van der Waals surface area contributed by atoms with Crippen molar-refractivity contribution in [2.45, 2.75) is 6.54 Å². The maximum absolute atomic E-state index is 11.8. The molecule has 0 aliphatic heterocycles. The first kappa shape index (κ1) is 13.8. The van der Waals surface area contributed by atoms with E-state index in [4.69, 9.17) is 23.2 Å². The number of amides is 1. The molecule has 2 rings (SSSR count). The van der Waals surface area contributed by atoms with Gasteiger partial charge in [-0.1, -0.05) is 23.2 Å². The number of nitrogens with zero attached hydrogens (tertiary/aromatic N) is 1. The Morgan fingerprint density at radius 1 is 1.44 bits per heavy atom. The molecular weight excluding hydrogens is 359 g/mol. The van der Waals surface area contributed by atoms with Gasteiger partial charge in [-0.05, 0) is 34.1 Å². The van der Waals surface area contributed by atoms with Crippen LogP contribution in [0.4, 0.5) is 0 Å². The Bertz CT molecular complexity index is 588. The van der Waals surface area contributed by atoms with Gasteiger partial charge in [0.1, 0.15) is 5.15 Å². The molecule has 2 aromatic heterocycles. The minimum atomic E-state index is -0.231. The van der Waals surface area contributed by atoms with Crippen LogP contribution >= 0.6 is 50.5 Å². The van der Waals surface area contributed by atoms with E-state index in [9.17, 15) is 4.79 Å². The van der Waals surface area contributed by atoms with Crippen LogP contribution in [0.25, 0.3) is 0 Å². The van der Waals surface area contributed by atoms with Crippen LogP contribution in [-0.2, 0) is 6.54 Å². The van der Waals surface area contributed by atoms with Gasteiger partial charge in [0.2, 0.25) is 0 Å². The van der Waals surface area contributed by atoms with Crippen molar-refractivity contribution >= 4 is 56.4 Å². The smallest absolute Gasteiger partial charge is 0.253 e. The molecule has 2 heterocycles. The second kappa shape index (κ2) is 6.02. The molecule has 0 bridgehead atoms. The van der Waals surface area contributed by atoms with Gasteiger partial charge in [0.05, 0.1) is 20.9 Å². The Morgan fingerprint density at radius 3 is 2.83 bits per heavy atom. The Hall–Kier alpha value is -0.620. The monoisotopic (exact) mass is 364 g/mol. The lowest BCUT2D eigenvalue weighted by Crippen LogP contribution is -2.22. The fraction of sp³-hybridized carbons (Fsp3) is 0.0909. The Kier molecular flexibility index (Phi) is 4.61. The van der Waals surface area contributed by atoms with E-state index in [-0.39, 0.29) is 16.1 Å². The quantitative estimate of drug-likeness (QED) is 0.830. The highest BCUT2D eigenvalue weighted by Gasteiger charge is 2.09. The average Bonchev–Trinajstić information content (AvgIpc) is 2.75. The van der Waals surface area contributed by atoms with Crippen LogP contribution in [0.3, 0.4) is 0 Å². The lowest BCUT2D eigenvalue weighted by molar-refractivity contribution is 0.0951. The lowest BCUT2D eigenvalue weighted by Gasteiger charge is -2.04. The van der Waals surface area contributed by atoms with Crippen molar-refractivity contribution in [2.24, 2.45) is 0 Å². The lowest BCUT2D eigenvalue weighted by atomic mass is 10.2. The molecule has 0 fully saturated rings. The van der Waals surface area contributed by atoms with Gasteiger partial charge in [0.25, 0.3) is 5.91 Å². The molecule has 1 N–H and O–H groups in total. The summed E-state index contributed by atoms with van der Waals surface area (Å²) >= 11 is 16.4. The summed E-state index contributed by atoms with van der Waals surface area (Å²) in [7, 11) is 0. The maximum atomic E-state index is 11.8. The SMILES string of the molecule is O=C(NCc1ccc(Br)s1)c1cnc(Cl)c(Cl)c1. The van der Waals surface area contributed by atoms with Crippen molar-refractivity contribution in [1.82, 2.24) is 10.3 Å². The highest BCUT2D eigenvalue weighted by Crippen LogP contribution is 2.22. The van der Waals surface area contributed by atoms with Gasteiger partial charge in [-0.15, -0.1) is 11.3 Å². The highest BCUT2D eigenvalue weighted by molar-refractivity contribution is 9.11. The fourth-order valence-electron chi connectivity index (χ4n) is 1.26. The summed E-state index contributed by atoms with van der Waals surface area (Å²) in [5.74, 6) is -0.231. The van der Waals surface area contributed by atoms with Crippen molar-refractivity contribution in [1.29, 1.82) is 0 Å². The predicted octanol–water partition coefficient (Wildman–Crippen LogP) is 4.14. The van der Waals surface area contributed by atoms with Gasteiger partial charge in [-0.25, -0.2) is 4.98 Å². The van der Waals surface area contributed by atoms with Gasteiger partial charge >= 0.3 is 0 Å². The summed E-state index contributed by atoms with van der Waals surface area (Å²) in [4.78, 5) is 16.7. The maximum Gasteiger partial charge on any atom is 0.253 e. The van der Waals surface area contributed by atoms with E-state index in [1.807, 2.05) is 12.1 Å². The molecule has 7 heteroatoms. The number of carbonyl (C=O) groups excluding carboxylic acids is 1. The zero-order valence-electron chi connectivity index (χ0n) is 8.91. The van der Waals surface area contributed by atoms with Crippen molar-refractivity contribution in [3.63, 3.8) is 0 Å². The number of rotatable bonds is 3. The third kappa shape index (κ3) is 3.45. The van der Waals surface area contributed by atoms with Crippen molar-refractivity contribution in [3.8, 4) is 0 Å². The number of hydrogen-bond acceptors (Lipinski definition) is 3. The first-order chi connectivity index (χ1) is 8.56. The van der Waals surface area contributed by atoms with E-state index in [1.165, 1.54) is 12.3 Å². The summed E-state index contributed by atoms with van der Waals surface area (Å²) in [6, 6.07) is 5.38. The molecule has 0 saturated heterocycles. The number of halogens is 3. The molecule has 1 amide bonds. The normalized spacial score (nSPS) is 10.4. The van der Waals surface area contributed by atoms with E-state index in [1.54, 1.807) is 11.3 Å². The van der Waals surface area contributed by atoms with E-state index >= 15 is 0 Å². The number of nitrogens with one attached hydrogen (secondary N) is 1. The number of pyridine rings is 1. The summed E-state index contributed by atoms with van der Waals surface area (Å²) in [6.07, 6.45) is 1.40. The largest absolute Gasteiger partial charge is 0.347 e. The molecule has 0 aliphatic rings. The molecule has 0 spiro atoms. The number of carbonyl (C=O) groups is 1. The Labute approximate surface area is 126 Å². The van der Waals surface area contributed by atoms with Gasteiger partial charge in [0.15, 0.2) is 0 Å². The van der Waals surface area contributed by atoms with E-state index in [0.29, 0.717) is 12.1 Å². The third-order valence-electron chi connectivity index (χ3n) is 2.11. The predicted molar refractivity (Wildman–Crippen MR) is 77.4 cm³/mol. The van der Waals surface area contributed by atoms with Crippen molar-refractivity contribution < 1.29 is 4.79 Å². The third-order valence-corrected chi connectivity index (χ3v) is 4.42. The summed E-state index contributed by atoms with van der Waals surface area (Å²) in [5.41, 5.74) is 0.389. The van der Waals surface area contributed by atoms with Gasteiger partial charge in [-0.3, -0.25) is 4.79 Å². The molecule has 94 valence electrons. The number of hydrogen-bond donors (Lipinski definition) is 1. The molecule has 0 aliphatic carbocycles. The minimum Gasteiger partial charge on any atom is -0.347 e. The fourth-order valence-corrected chi connectivity index (χ4v) is 2.95. The van der Waals surface area contributed by atoms with E-state index in [2.05, 4.69) is 26.2 Å². The molecular formula is C11H7BrCl2N2OS. The standard InChI is InChI=1S/C11H7BrCl2N2OS/c12-9-2-1-7(18-9)5-16-11(17)6-3-8(13)10(14)15-4-6/h1-4H,5H2,(H,16,17). The Balaban J connectivity index is 2.01. The molecule has 0 saturated carbocycles. The summed E-state index contributed by atoms with van der Waals surface area (Å²) < 4.78 is 1.03. The van der Waals surface area contributed by atoms with Crippen LogP contribution in [0.2, 0.25) is 10.2 Å². The van der Waals surface area contributed by atoms with E-state index in [0.717, 1.165) is 8.66 Å². The van der Waals surface area contributed by atoms with Crippen LogP contribution in [-0.4, -0.2) is 10.9 Å². The summed E-state index contributed by atoms with van der Waals surface area (Å²) in [6.45, 7) is 0.468. The van der Waals surface area contributed by atoms with Crippen molar-refractivity contribution in [3.05, 3.63) is 48.8 Å². The topological polar surface area (TPSA) is 42.0 Å². The average molecular weight is 366 g/mol. The molecule has 18 heavy (non-hydrogen) atoms. The first-order valence-corrected chi connectivity index (χ1v) is 7.26. The number of thiophene rings is 1. The van der Waals surface area contributed by atoms with Crippen LogP contribution in [0, 0.1) is 0 Å².